The van der Waals surface area contributed by atoms with Gasteiger partial charge in [-0.05, 0) is 44.0 Å². The molecule has 0 aliphatic heterocycles. The third-order valence-electron chi connectivity index (χ3n) is 2.79. The van der Waals surface area contributed by atoms with Gasteiger partial charge in [0.05, 0.1) is 10.5 Å². The average Bonchev–Trinajstić information content (AvgIpc) is 2.19. The smallest absolute Gasteiger partial charge is 0.294 e. The van der Waals surface area contributed by atoms with Crippen molar-refractivity contribution in [1.82, 2.24) is 0 Å². The molecule has 0 amide bonds. The zero-order valence-corrected chi connectivity index (χ0v) is 11.3. The second-order valence-corrected chi connectivity index (χ2v) is 6.13. The normalized spacial score (nSPS) is 12.8. The fourth-order valence-corrected chi connectivity index (χ4v) is 2.06. The van der Waals surface area contributed by atoms with Crippen LogP contribution in [0.15, 0.2) is 23.1 Å². The molecule has 0 aliphatic carbocycles. The first-order valence-corrected chi connectivity index (χ1v) is 6.72. The first kappa shape index (κ1) is 14.2. The summed E-state index contributed by atoms with van der Waals surface area (Å²) in [6.45, 7) is 5.74. The second kappa shape index (κ2) is 4.76. The molecule has 0 aromatic heterocycles. The minimum atomic E-state index is -4.15. The van der Waals surface area contributed by atoms with Crippen LogP contribution in [0.3, 0.4) is 0 Å². The molecule has 0 unspecified atom stereocenters. The Kier molecular flexibility index (Phi) is 3.96. The van der Waals surface area contributed by atoms with Gasteiger partial charge < -0.3 is 4.74 Å². The van der Waals surface area contributed by atoms with E-state index < -0.39 is 10.1 Å². The molecule has 0 heterocycles. The number of hydrogen-bond donors (Lipinski definition) is 1. The Morgan fingerprint density at radius 1 is 1.35 bits per heavy atom. The van der Waals surface area contributed by atoms with Crippen LogP contribution in [-0.4, -0.2) is 25.7 Å². The summed E-state index contributed by atoms with van der Waals surface area (Å²) in [6.07, 6.45) is 0.582. The summed E-state index contributed by atoms with van der Waals surface area (Å²) in [4.78, 5) is -0.0787. The molecule has 0 saturated heterocycles. The van der Waals surface area contributed by atoms with Crippen LogP contribution in [0.2, 0.25) is 0 Å². The van der Waals surface area contributed by atoms with Crippen molar-refractivity contribution in [3.8, 4) is 0 Å². The number of benzene rings is 1. The van der Waals surface area contributed by atoms with Crippen LogP contribution in [0, 0.1) is 6.92 Å². The van der Waals surface area contributed by atoms with Crippen LogP contribution >= 0.6 is 0 Å². The minimum Gasteiger partial charge on any atom is -0.378 e. The van der Waals surface area contributed by atoms with Crippen molar-refractivity contribution < 1.29 is 17.7 Å². The van der Waals surface area contributed by atoms with Gasteiger partial charge in [-0.2, -0.15) is 8.42 Å². The summed E-state index contributed by atoms with van der Waals surface area (Å²) in [5.74, 6) is 0. The van der Waals surface area contributed by atoms with Crippen molar-refractivity contribution in [2.45, 2.75) is 37.7 Å². The van der Waals surface area contributed by atoms with Crippen molar-refractivity contribution in [2.24, 2.45) is 0 Å². The van der Waals surface area contributed by atoms with Gasteiger partial charge >= 0.3 is 0 Å². The van der Waals surface area contributed by atoms with Crippen molar-refractivity contribution >= 4 is 10.1 Å². The monoisotopic (exact) mass is 258 g/mol. The molecule has 0 atom stereocenters. The molecule has 96 valence electrons. The summed E-state index contributed by atoms with van der Waals surface area (Å²) in [6, 6.07) is 4.57. The van der Waals surface area contributed by atoms with E-state index in [9.17, 15) is 8.42 Å². The highest BCUT2D eigenvalue weighted by Crippen LogP contribution is 2.22. The number of hydrogen-bond acceptors (Lipinski definition) is 3. The van der Waals surface area contributed by atoms with E-state index >= 15 is 0 Å². The molecule has 0 bridgehead atoms. The standard InChI is InChI=1S/C12H18O4S/c1-9-5-6-11(17(13,14)15)7-10(9)8-12(2,3)16-4/h5-7H,8H2,1-4H3,(H,13,14,15). The summed E-state index contributed by atoms with van der Waals surface area (Å²) in [7, 11) is -2.53. The van der Waals surface area contributed by atoms with E-state index in [1.54, 1.807) is 13.2 Å². The van der Waals surface area contributed by atoms with Crippen LogP contribution in [-0.2, 0) is 21.3 Å². The summed E-state index contributed by atoms with van der Waals surface area (Å²) in [5.41, 5.74) is 1.46. The molecule has 0 radical (unpaired) electrons. The third kappa shape index (κ3) is 3.80. The second-order valence-electron chi connectivity index (χ2n) is 4.70. The average molecular weight is 258 g/mol. The van der Waals surface area contributed by atoms with Gasteiger partial charge in [0.25, 0.3) is 10.1 Å². The lowest BCUT2D eigenvalue weighted by Gasteiger charge is -2.24. The predicted molar refractivity (Wildman–Crippen MR) is 65.8 cm³/mol. The van der Waals surface area contributed by atoms with E-state index in [2.05, 4.69) is 0 Å². The number of ether oxygens (including phenoxy) is 1. The Morgan fingerprint density at radius 2 is 1.94 bits per heavy atom. The molecule has 1 aromatic rings. The van der Waals surface area contributed by atoms with Crippen molar-refractivity contribution in [1.29, 1.82) is 0 Å². The van der Waals surface area contributed by atoms with Crippen molar-refractivity contribution in [3.63, 3.8) is 0 Å². The Balaban J connectivity index is 3.17. The fourth-order valence-electron chi connectivity index (χ4n) is 1.53. The largest absolute Gasteiger partial charge is 0.378 e. The molecule has 0 spiro atoms. The van der Waals surface area contributed by atoms with Crippen LogP contribution in [0.1, 0.15) is 25.0 Å². The van der Waals surface area contributed by atoms with E-state index in [0.29, 0.717) is 6.42 Å². The highest BCUT2D eigenvalue weighted by Gasteiger charge is 2.20. The molecule has 1 aromatic carbocycles. The highest BCUT2D eigenvalue weighted by molar-refractivity contribution is 7.85. The molecular weight excluding hydrogens is 240 g/mol. The van der Waals surface area contributed by atoms with E-state index in [1.165, 1.54) is 12.1 Å². The van der Waals surface area contributed by atoms with Gasteiger partial charge in [-0.3, -0.25) is 4.55 Å². The molecule has 1 rings (SSSR count). The lowest BCUT2D eigenvalue weighted by atomic mass is 9.95. The summed E-state index contributed by atoms with van der Waals surface area (Å²) in [5, 5.41) is 0. The molecule has 1 N–H and O–H groups in total. The topological polar surface area (TPSA) is 63.6 Å². The molecular formula is C12H18O4S. The van der Waals surface area contributed by atoms with E-state index in [4.69, 9.17) is 9.29 Å². The van der Waals surface area contributed by atoms with Crippen molar-refractivity contribution in [2.75, 3.05) is 7.11 Å². The maximum atomic E-state index is 11.1. The SMILES string of the molecule is COC(C)(C)Cc1cc(S(=O)(=O)O)ccc1C. The van der Waals surface area contributed by atoms with Crippen molar-refractivity contribution in [3.05, 3.63) is 29.3 Å². The van der Waals surface area contributed by atoms with Gasteiger partial charge in [0.15, 0.2) is 0 Å². The Hall–Kier alpha value is -0.910. The first-order valence-electron chi connectivity index (χ1n) is 5.28. The first-order chi connectivity index (χ1) is 7.65. The quantitative estimate of drug-likeness (QED) is 0.841. The van der Waals surface area contributed by atoms with Gasteiger partial charge in [-0.15, -0.1) is 0 Å². The predicted octanol–water partition coefficient (Wildman–Crippen LogP) is 2.21. The zero-order chi connectivity index (χ0) is 13.3. The Morgan fingerprint density at radius 3 is 2.41 bits per heavy atom. The van der Waals surface area contributed by atoms with Gasteiger partial charge in [0, 0.05) is 13.5 Å². The maximum absolute atomic E-state index is 11.1. The summed E-state index contributed by atoms with van der Waals surface area (Å²) < 4.78 is 36.4. The lowest BCUT2D eigenvalue weighted by Crippen LogP contribution is -2.26. The number of aryl methyl sites for hydroxylation is 1. The maximum Gasteiger partial charge on any atom is 0.294 e. The number of rotatable bonds is 4. The van der Waals surface area contributed by atoms with Gasteiger partial charge in [-0.1, -0.05) is 6.07 Å². The fraction of sp³-hybridized carbons (Fsp3) is 0.500. The lowest BCUT2D eigenvalue weighted by molar-refractivity contribution is 0.0230. The van der Waals surface area contributed by atoms with E-state index in [-0.39, 0.29) is 10.5 Å². The van der Waals surface area contributed by atoms with E-state index in [1.807, 2.05) is 20.8 Å². The zero-order valence-electron chi connectivity index (χ0n) is 10.5. The van der Waals surface area contributed by atoms with Crippen LogP contribution < -0.4 is 0 Å². The van der Waals surface area contributed by atoms with E-state index in [0.717, 1.165) is 11.1 Å². The molecule has 17 heavy (non-hydrogen) atoms. The molecule has 0 saturated carbocycles. The minimum absolute atomic E-state index is 0.0787. The Bertz CT molecular complexity index is 503. The van der Waals surface area contributed by atoms with Crippen LogP contribution in [0.5, 0.6) is 0 Å². The summed E-state index contributed by atoms with van der Waals surface area (Å²) >= 11 is 0. The molecule has 0 fully saturated rings. The third-order valence-corrected chi connectivity index (χ3v) is 3.64. The number of methoxy groups -OCH3 is 1. The Labute approximate surface area is 102 Å². The molecule has 5 heteroatoms. The van der Waals surface area contributed by atoms with Gasteiger partial charge in [-0.25, -0.2) is 0 Å². The van der Waals surface area contributed by atoms with Gasteiger partial charge in [0.1, 0.15) is 0 Å². The molecule has 4 nitrogen and oxygen atoms in total. The highest BCUT2D eigenvalue weighted by atomic mass is 32.2. The van der Waals surface area contributed by atoms with Crippen LogP contribution in [0.25, 0.3) is 0 Å². The van der Waals surface area contributed by atoms with Gasteiger partial charge in [0.2, 0.25) is 0 Å². The molecule has 0 aliphatic rings. The van der Waals surface area contributed by atoms with Crippen LogP contribution in [0.4, 0.5) is 0 Å².